The molecule has 0 spiro atoms. The van der Waals surface area contributed by atoms with Gasteiger partial charge in [-0.05, 0) is 42.8 Å². The van der Waals surface area contributed by atoms with Gasteiger partial charge in [-0.3, -0.25) is 9.59 Å². The average Bonchev–Trinajstić information content (AvgIpc) is 2.65. The SMILES string of the molecule is CCCCCOc1ccccc1C(=O)Nc1ccc(C(=O)N(C)C)cc1. The molecule has 5 heteroatoms. The van der Waals surface area contributed by atoms with Crippen molar-refractivity contribution in [3.05, 3.63) is 59.7 Å². The molecule has 0 saturated carbocycles. The maximum Gasteiger partial charge on any atom is 0.259 e. The fraction of sp³-hybridized carbons (Fsp3) is 0.333. The normalized spacial score (nSPS) is 10.3. The van der Waals surface area contributed by atoms with Crippen molar-refractivity contribution in [2.75, 3.05) is 26.0 Å². The van der Waals surface area contributed by atoms with E-state index in [0.29, 0.717) is 29.2 Å². The molecule has 1 N–H and O–H groups in total. The zero-order valence-corrected chi connectivity index (χ0v) is 15.6. The molecule has 0 aliphatic heterocycles. The number of anilines is 1. The highest BCUT2D eigenvalue weighted by molar-refractivity contribution is 6.06. The lowest BCUT2D eigenvalue weighted by Gasteiger charge is -2.13. The van der Waals surface area contributed by atoms with Crippen molar-refractivity contribution in [1.29, 1.82) is 0 Å². The maximum absolute atomic E-state index is 12.6. The predicted molar refractivity (Wildman–Crippen MR) is 104 cm³/mol. The van der Waals surface area contributed by atoms with E-state index in [0.717, 1.165) is 19.3 Å². The number of unbranched alkanes of at least 4 members (excludes halogenated alkanes) is 2. The van der Waals surface area contributed by atoms with Gasteiger partial charge in [0.15, 0.2) is 0 Å². The Morgan fingerprint density at radius 1 is 1.00 bits per heavy atom. The summed E-state index contributed by atoms with van der Waals surface area (Å²) in [6.07, 6.45) is 3.19. The Morgan fingerprint density at radius 2 is 1.69 bits per heavy atom. The van der Waals surface area contributed by atoms with E-state index in [9.17, 15) is 9.59 Å². The second-order valence-electron chi connectivity index (χ2n) is 6.28. The highest BCUT2D eigenvalue weighted by Gasteiger charge is 2.13. The van der Waals surface area contributed by atoms with Crippen LogP contribution < -0.4 is 10.1 Å². The second kappa shape index (κ2) is 9.61. The van der Waals surface area contributed by atoms with Crippen LogP contribution in [0.2, 0.25) is 0 Å². The summed E-state index contributed by atoms with van der Waals surface area (Å²) in [5.74, 6) is 0.275. The minimum atomic E-state index is -0.234. The first-order valence-electron chi connectivity index (χ1n) is 8.87. The first kappa shape index (κ1) is 19.5. The summed E-state index contributed by atoms with van der Waals surface area (Å²) in [4.78, 5) is 26.0. The molecule has 0 radical (unpaired) electrons. The molecule has 0 bridgehead atoms. The van der Waals surface area contributed by atoms with Gasteiger partial charge < -0.3 is 15.0 Å². The summed E-state index contributed by atoms with van der Waals surface area (Å²) in [7, 11) is 3.41. The molecule has 2 aromatic carbocycles. The van der Waals surface area contributed by atoms with Gasteiger partial charge in [-0.25, -0.2) is 0 Å². The van der Waals surface area contributed by atoms with E-state index < -0.39 is 0 Å². The number of carbonyl (C=O) groups excluding carboxylic acids is 2. The van der Waals surface area contributed by atoms with E-state index in [4.69, 9.17) is 4.74 Å². The van der Waals surface area contributed by atoms with Gasteiger partial charge in [-0.2, -0.15) is 0 Å². The summed E-state index contributed by atoms with van der Waals surface area (Å²) in [6, 6.07) is 14.1. The molecule has 2 amide bonds. The number of rotatable bonds is 8. The fourth-order valence-corrected chi connectivity index (χ4v) is 2.47. The first-order chi connectivity index (χ1) is 12.5. The molecule has 0 fully saturated rings. The number of benzene rings is 2. The van der Waals surface area contributed by atoms with Crippen LogP contribution in [0, 0.1) is 0 Å². The number of amides is 2. The first-order valence-corrected chi connectivity index (χ1v) is 8.87. The number of para-hydroxylation sites is 1. The van der Waals surface area contributed by atoms with Crippen LogP contribution in [0.4, 0.5) is 5.69 Å². The van der Waals surface area contributed by atoms with Crippen LogP contribution in [0.15, 0.2) is 48.5 Å². The standard InChI is InChI=1S/C21H26N2O3/c1-4-5-8-15-26-19-10-7-6-9-18(19)20(24)22-17-13-11-16(12-14-17)21(25)23(2)3/h6-7,9-14H,4-5,8,15H2,1-3H3,(H,22,24). The van der Waals surface area contributed by atoms with Gasteiger partial charge in [-0.15, -0.1) is 0 Å². The Balaban J connectivity index is 2.04. The minimum Gasteiger partial charge on any atom is -0.493 e. The quantitative estimate of drug-likeness (QED) is 0.723. The van der Waals surface area contributed by atoms with Gasteiger partial charge >= 0.3 is 0 Å². The molecule has 0 aromatic heterocycles. The van der Waals surface area contributed by atoms with Gasteiger partial charge in [0.05, 0.1) is 12.2 Å². The molecule has 0 aliphatic carbocycles. The summed E-state index contributed by atoms with van der Waals surface area (Å²) in [6.45, 7) is 2.73. The van der Waals surface area contributed by atoms with E-state index in [1.165, 1.54) is 4.90 Å². The molecular formula is C21H26N2O3. The lowest BCUT2D eigenvalue weighted by atomic mass is 10.1. The Labute approximate surface area is 155 Å². The monoisotopic (exact) mass is 354 g/mol. The third-order valence-corrected chi connectivity index (χ3v) is 3.93. The summed E-state index contributed by atoms with van der Waals surface area (Å²) < 4.78 is 5.76. The zero-order chi connectivity index (χ0) is 18.9. The Kier molecular flexibility index (Phi) is 7.21. The largest absolute Gasteiger partial charge is 0.493 e. The molecule has 0 heterocycles. The second-order valence-corrected chi connectivity index (χ2v) is 6.28. The van der Waals surface area contributed by atoms with E-state index >= 15 is 0 Å². The molecule has 0 saturated heterocycles. The summed E-state index contributed by atoms with van der Waals surface area (Å²) in [5.41, 5.74) is 1.70. The van der Waals surface area contributed by atoms with Gasteiger partial charge in [-0.1, -0.05) is 31.9 Å². The van der Waals surface area contributed by atoms with E-state index in [2.05, 4.69) is 12.2 Å². The van der Waals surface area contributed by atoms with Crippen LogP contribution in [0.1, 0.15) is 46.9 Å². The zero-order valence-electron chi connectivity index (χ0n) is 15.6. The maximum atomic E-state index is 12.6. The molecule has 2 aromatic rings. The number of ether oxygens (including phenoxy) is 1. The molecule has 2 rings (SSSR count). The van der Waals surface area contributed by atoms with Crippen molar-refractivity contribution >= 4 is 17.5 Å². The number of hydrogen-bond acceptors (Lipinski definition) is 3. The van der Waals surface area contributed by atoms with Gasteiger partial charge in [0.2, 0.25) is 0 Å². The van der Waals surface area contributed by atoms with Crippen molar-refractivity contribution in [2.24, 2.45) is 0 Å². The van der Waals surface area contributed by atoms with E-state index in [1.54, 1.807) is 50.5 Å². The van der Waals surface area contributed by atoms with Crippen molar-refractivity contribution < 1.29 is 14.3 Å². The van der Waals surface area contributed by atoms with Crippen molar-refractivity contribution in [2.45, 2.75) is 26.2 Å². The molecule has 0 atom stereocenters. The van der Waals surface area contributed by atoms with Crippen LogP contribution in [0.3, 0.4) is 0 Å². The van der Waals surface area contributed by atoms with Gasteiger partial charge in [0, 0.05) is 25.3 Å². The Morgan fingerprint density at radius 3 is 2.35 bits per heavy atom. The molecule has 5 nitrogen and oxygen atoms in total. The highest BCUT2D eigenvalue weighted by atomic mass is 16.5. The van der Waals surface area contributed by atoms with Crippen LogP contribution in [0.25, 0.3) is 0 Å². The number of hydrogen-bond donors (Lipinski definition) is 1. The third kappa shape index (κ3) is 5.34. The Hall–Kier alpha value is -2.82. The van der Waals surface area contributed by atoms with E-state index in [1.807, 2.05) is 12.1 Å². The number of nitrogens with one attached hydrogen (secondary N) is 1. The van der Waals surface area contributed by atoms with Crippen LogP contribution in [0.5, 0.6) is 5.75 Å². The smallest absolute Gasteiger partial charge is 0.259 e. The minimum absolute atomic E-state index is 0.0753. The molecular weight excluding hydrogens is 328 g/mol. The summed E-state index contributed by atoms with van der Waals surface area (Å²) in [5, 5.41) is 2.85. The molecule has 0 unspecified atom stereocenters. The lowest BCUT2D eigenvalue weighted by Crippen LogP contribution is -2.21. The van der Waals surface area contributed by atoms with Crippen LogP contribution in [-0.4, -0.2) is 37.4 Å². The Bertz CT molecular complexity index is 739. The molecule has 26 heavy (non-hydrogen) atoms. The molecule has 0 aliphatic rings. The fourth-order valence-electron chi connectivity index (χ4n) is 2.47. The van der Waals surface area contributed by atoms with Crippen molar-refractivity contribution in [3.63, 3.8) is 0 Å². The average molecular weight is 354 g/mol. The third-order valence-electron chi connectivity index (χ3n) is 3.93. The molecule has 138 valence electrons. The van der Waals surface area contributed by atoms with E-state index in [-0.39, 0.29) is 11.8 Å². The van der Waals surface area contributed by atoms with Crippen molar-refractivity contribution in [3.8, 4) is 5.75 Å². The number of nitrogens with zero attached hydrogens (tertiary/aromatic N) is 1. The topological polar surface area (TPSA) is 58.6 Å². The number of carbonyl (C=O) groups is 2. The summed E-state index contributed by atoms with van der Waals surface area (Å²) >= 11 is 0. The lowest BCUT2D eigenvalue weighted by molar-refractivity contribution is 0.0827. The van der Waals surface area contributed by atoms with Crippen LogP contribution in [-0.2, 0) is 0 Å². The van der Waals surface area contributed by atoms with Crippen LogP contribution >= 0.6 is 0 Å². The van der Waals surface area contributed by atoms with Gasteiger partial charge in [0.25, 0.3) is 11.8 Å². The van der Waals surface area contributed by atoms with Gasteiger partial charge in [0.1, 0.15) is 5.75 Å². The van der Waals surface area contributed by atoms with Crippen molar-refractivity contribution in [1.82, 2.24) is 4.90 Å². The highest BCUT2D eigenvalue weighted by Crippen LogP contribution is 2.20. The predicted octanol–water partition coefficient (Wildman–Crippen LogP) is 4.21.